The van der Waals surface area contributed by atoms with E-state index in [0.29, 0.717) is 4.80 Å². The molecule has 0 bridgehead atoms. The van der Waals surface area contributed by atoms with Crippen molar-refractivity contribution >= 4 is 28.8 Å². The molecule has 2 amide bonds. The lowest BCUT2D eigenvalue weighted by Gasteiger charge is -2.03. The molecule has 0 radical (unpaired) electrons. The van der Waals surface area contributed by atoms with E-state index in [1.165, 1.54) is 18.3 Å². The number of nitrogens with zero attached hydrogens (tertiary/aromatic N) is 2. The third-order valence-corrected chi connectivity index (χ3v) is 3.46. The smallest absolute Gasteiger partial charge is 0.252 e. The van der Waals surface area contributed by atoms with Gasteiger partial charge in [-0.05, 0) is 17.7 Å². The van der Waals surface area contributed by atoms with E-state index in [4.69, 9.17) is 0 Å². The van der Waals surface area contributed by atoms with Crippen molar-refractivity contribution in [3.8, 4) is 0 Å². The van der Waals surface area contributed by atoms with Crippen molar-refractivity contribution in [2.75, 3.05) is 5.32 Å². The maximum Gasteiger partial charge on any atom is 0.252 e. The van der Waals surface area contributed by atoms with E-state index >= 15 is 0 Å². The van der Waals surface area contributed by atoms with Gasteiger partial charge >= 0.3 is 0 Å². The van der Waals surface area contributed by atoms with E-state index in [2.05, 4.69) is 10.3 Å². The normalized spacial score (nSPS) is 11.4. The molecular weight excluding hydrogens is 274 g/mol. The summed E-state index contributed by atoms with van der Waals surface area (Å²) in [6.45, 7) is 1.46. The van der Waals surface area contributed by atoms with Gasteiger partial charge in [-0.2, -0.15) is 4.99 Å². The molecule has 6 heteroatoms. The fourth-order valence-corrected chi connectivity index (χ4v) is 2.41. The molecule has 0 saturated carbocycles. The van der Waals surface area contributed by atoms with Crippen LogP contribution in [-0.2, 0) is 23.1 Å². The Kier molecular flexibility index (Phi) is 4.47. The van der Waals surface area contributed by atoms with Crippen molar-refractivity contribution in [2.24, 2.45) is 12.0 Å². The Hall–Kier alpha value is -2.21. The highest BCUT2D eigenvalue weighted by Gasteiger charge is 2.03. The van der Waals surface area contributed by atoms with Crippen molar-refractivity contribution in [1.29, 1.82) is 0 Å². The van der Waals surface area contributed by atoms with E-state index in [1.54, 1.807) is 12.1 Å². The molecular formula is C14H15N3O2S. The van der Waals surface area contributed by atoms with Crippen molar-refractivity contribution in [3.63, 3.8) is 0 Å². The number of aromatic nitrogens is 1. The number of aryl methyl sites for hydroxylation is 1. The average Bonchev–Trinajstić information content (AvgIpc) is 2.77. The Morgan fingerprint density at radius 3 is 2.55 bits per heavy atom. The highest BCUT2D eigenvalue weighted by molar-refractivity contribution is 7.07. The van der Waals surface area contributed by atoms with E-state index in [9.17, 15) is 9.59 Å². The first kappa shape index (κ1) is 14.2. The van der Waals surface area contributed by atoms with Crippen LogP contribution >= 0.6 is 11.3 Å². The molecule has 2 aromatic rings. The number of carbonyl (C=O) groups excluding carboxylic acids is 2. The maximum atomic E-state index is 11.9. The molecule has 0 aliphatic heterocycles. The number of amides is 2. The molecule has 1 heterocycles. The maximum absolute atomic E-state index is 11.9. The summed E-state index contributed by atoms with van der Waals surface area (Å²) in [7, 11) is 1.85. The number of thiazole rings is 1. The summed E-state index contributed by atoms with van der Waals surface area (Å²) in [6, 6.07) is 7.17. The number of benzene rings is 1. The first-order valence-electron chi connectivity index (χ1n) is 6.09. The van der Waals surface area contributed by atoms with Gasteiger partial charge in [0.2, 0.25) is 5.91 Å². The highest BCUT2D eigenvalue weighted by atomic mass is 32.1. The summed E-state index contributed by atoms with van der Waals surface area (Å²) in [5, 5.41) is 4.56. The lowest BCUT2D eigenvalue weighted by molar-refractivity contribution is -0.117. The molecule has 5 nitrogen and oxygen atoms in total. The first-order valence-corrected chi connectivity index (χ1v) is 6.97. The van der Waals surface area contributed by atoms with Gasteiger partial charge in [-0.3, -0.25) is 9.59 Å². The molecule has 0 fully saturated rings. The summed E-state index contributed by atoms with van der Waals surface area (Å²) in [6.07, 6.45) is 2.11. The lowest BCUT2D eigenvalue weighted by atomic mass is 10.1. The van der Waals surface area contributed by atoms with Gasteiger partial charge in [0, 0.05) is 31.2 Å². The Bertz CT molecular complexity index is 683. The first-order chi connectivity index (χ1) is 9.54. The summed E-state index contributed by atoms with van der Waals surface area (Å²) in [4.78, 5) is 27.5. The van der Waals surface area contributed by atoms with Crippen LogP contribution in [0.2, 0.25) is 0 Å². The molecule has 0 saturated heterocycles. The zero-order chi connectivity index (χ0) is 14.5. The molecule has 0 spiro atoms. The van der Waals surface area contributed by atoms with Crippen LogP contribution in [0.15, 0.2) is 40.8 Å². The fourth-order valence-electron chi connectivity index (χ4n) is 1.66. The second-order valence-corrected chi connectivity index (χ2v) is 5.23. The van der Waals surface area contributed by atoms with Crippen molar-refractivity contribution in [2.45, 2.75) is 13.3 Å². The van der Waals surface area contributed by atoms with Crippen LogP contribution in [0.4, 0.5) is 5.69 Å². The molecule has 0 unspecified atom stereocenters. The summed E-state index contributed by atoms with van der Waals surface area (Å²) >= 11 is 1.43. The van der Waals surface area contributed by atoms with Gasteiger partial charge in [0.15, 0.2) is 4.80 Å². The van der Waals surface area contributed by atoms with Gasteiger partial charge in [-0.1, -0.05) is 12.1 Å². The largest absolute Gasteiger partial charge is 0.327 e. The van der Waals surface area contributed by atoms with E-state index in [1.807, 2.05) is 35.3 Å². The van der Waals surface area contributed by atoms with E-state index in [-0.39, 0.29) is 18.2 Å². The van der Waals surface area contributed by atoms with E-state index < -0.39 is 0 Å². The predicted molar refractivity (Wildman–Crippen MR) is 78.3 cm³/mol. The SMILES string of the molecule is CC(=O)Nc1ccc(CC(=O)N=c2sccn2C)cc1. The second-order valence-electron chi connectivity index (χ2n) is 4.36. The molecule has 0 aliphatic rings. The zero-order valence-electron chi connectivity index (χ0n) is 11.3. The molecule has 104 valence electrons. The predicted octanol–water partition coefficient (Wildman–Crippen LogP) is 1.71. The minimum absolute atomic E-state index is 0.117. The van der Waals surface area contributed by atoms with Crippen LogP contribution < -0.4 is 10.1 Å². The quantitative estimate of drug-likeness (QED) is 0.935. The number of nitrogens with one attached hydrogen (secondary N) is 1. The highest BCUT2D eigenvalue weighted by Crippen LogP contribution is 2.10. The van der Waals surface area contributed by atoms with Crippen LogP contribution in [-0.4, -0.2) is 16.4 Å². The van der Waals surface area contributed by atoms with Gasteiger partial charge in [-0.15, -0.1) is 11.3 Å². The van der Waals surface area contributed by atoms with Crippen LogP contribution in [0.25, 0.3) is 0 Å². The number of hydrogen-bond acceptors (Lipinski definition) is 3. The molecule has 2 rings (SSSR count). The van der Waals surface area contributed by atoms with E-state index in [0.717, 1.165) is 11.3 Å². The topological polar surface area (TPSA) is 63.5 Å². The van der Waals surface area contributed by atoms with Crippen molar-refractivity contribution < 1.29 is 9.59 Å². The van der Waals surface area contributed by atoms with Crippen molar-refractivity contribution in [3.05, 3.63) is 46.2 Å². The van der Waals surface area contributed by atoms with Crippen LogP contribution in [0.5, 0.6) is 0 Å². The minimum atomic E-state index is -0.185. The summed E-state index contributed by atoms with van der Waals surface area (Å²) in [5.41, 5.74) is 1.59. The minimum Gasteiger partial charge on any atom is -0.327 e. The molecule has 20 heavy (non-hydrogen) atoms. The molecule has 0 aliphatic carbocycles. The number of hydrogen-bond donors (Lipinski definition) is 1. The van der Waals surface area contributed by atoms with Crippen LogP contribution in [0, 0.1) is 0 Å². The molecule has 1 N–H and O–H groups in total. The van der Waals surface area contributed by atoms with Crippen LogP contribution in [0.1, 0.15) is 12.5 Å². The lowest BCUT2D eigenvalue weighted by Crippen LogP contribution is -2.13. The number of anilines is 1. The van der Waals surface area contributed by atoms with Crippen LogP contribution in [0.3, 0.4) is 0 Å². The third kappa shape index (κ3) is 3.89. The van der Waals surface area contributed by atoms with Crippen molar-refractivity contribution in [1.82, 2.24) is 4.57 Å². The van der Waals surface area contributed by atoms with Gasteiger partial charge in [0.1, 0.15) is 0 Å². The summed E-state index contributed by atoms with van der Waals surface area (Å²) < 4.78 is 1.81. The Balaban J connectivity index is 2.05. The second kappa shape index (κ2) is 6.29. The Labute approximate surface area is 120 Å². The fraction of sp³-hybridized carbons (Fsp3) is 0.214. The number of rotatable bonds is 3. The van der Waals surface area contributed by atoms with Gasteiger partial charge in [0.05, 0.1) is 6.42 Å². The van der Waals surface area contributed by atoms with Gasteiger partial charge in [0.25, 0.3) is 5.91 Å². The third-order valence-electron chi connectivity index (χ3n) is 2.61. The zero-order valence-corrected chi connectivity index (χ0v) is 12.1. The molecule has 0 atom stereocenters. The average molecular weight is 289 g/mol. The molecule has 1 aromatic heterocycles. The Morgan fingerprint density at radius 1 is 1.30 bits per heavy atom. The standard InChI is InChI=1S/C14H15N3O2S/c1-10(18)15-12-5-3-11(4-6-12)9-13(19)16-14-17(2)7-8-20-14/h3-8H,9H2,1-2H3,(H,15,18). The molecule has 1 aromatic carbocycles. The Morgan fingerprint density at radius 2 is 2.00 bits per heavy atom. The number of carbonyl (C=O) groups is 2. The van der Waals surface area contributed by atoms with Gasteiger partial charge in [-0.25, -0.2) is 0 Å². The van der Waals surface area contributed by atoms with Gasteiger partial charge < -0.3 is 9.88 Å². The summed E-state index contributed by atoms with van der Waals surface area (Å²) in [5.74, 6) is -0.302. The monoisotopic (exact) mass is 289 g/mol.